The second-order valence-corrected chi connectivity index (χ2v) is 5.55. The van der Waals surface area contributed by atoms with Gasteiger partial charge in [0.1, 0.15) is 0 Å². The Balaban J connectivity index is 2.99. The van der Waals surface area contributed by atoms with E-state index in [1.165, 1.54) is 31.2 Å². The van der Waals surface area contributed by atoms with E-state index < -0.39 is 15.3 Å². The van der Waals surface area contributed by atoms with Gasteiger partial charge in [-0.2, -0.15) is 0 Å². The molecule has 0 aromatic heterocycles. The first-order valence-electron chi connectivity index (χ1n) is 4.87. The third-order valence-corrected chi connectivity index (χ3v) is 3.90. The molecule has 94 valence electrons. The molecule has 1 rings (SSSR count). The molecule has 1 unspecified atom stereocenters. The lowest BCUT2D eigenvalue weighted by molar-refractivity contribution is -0.114. The van der Waals surface area contributed by atoms with E-state index in [9.17, 15) is 18.3 Å². The molecule has 0 aliphatic rings. The molecular weight excluding hydrogens is 244 g/mol. The number of anilines is 1. The average Bonchev–Trinajstić information content (AvgIpc) is 2.27. The van der Waals surface area contributed by atoms with E-state index in [0.717, 1.165) is 0 Å². The first-order valence-corrected chi connectivity index (χ1v) is 6.42. The van der Waals surface area contributed by atoms with Crippen LogP contribution in [0.1, 0.15) is 6.92 Å². The smallest absolute Gasteiger partial charge is 0.221 e. The summed E-state index contributed by atoms with van der Waals surface area (Å²) in [5, 5.41) is 11.8. The Bertz CT molecular complexity index is 496. The van der Waals surface area contributed by atoms with E-state index in [0.29, 0.717) is 5.69 Å². The monoisotopic (exact) mass is 258 g/mol. The van der Waals surface area contributed by atoms with Gasteiger partial charge < -0.3 is 16.2 Å². The number of rotatable bonds is 4. The van der Waals surface area contributed by atoms with Gasteiger partial charge in [-0.1, -0.05) is 0 Å². The van der Waals surface area contributed by atoms with Crippen LogP contribution in [0.5, 0.6) is 0 Å². The lowest BCUT2D eigenvalue weighted by atomic mass is 10.3. The predicted octanol–water partition coefficient (Wildman–Crippen LogP) is -0.304. The Hall–Kier alpha value is -1.44. The molecule has 0 saturated heterocycles. The van der Waals surface area contributed by atoms with Crippen LogP contribution < -0.4 is 11.1 Å². The molecule has 0 aliphatic carbocycles. The van der Waals surface area contributed by atoms with Crippen molar-refractivity contribution < 1.29 is 18.3 Å². The summed E-state index contributed by atoms with van der Waals surface area (Å²) in [5.41, 5.74) is 3.97. The summed E-state index contributed by atoms with van der Waals surface area (Å²) in [5.74, 6) is -0.248. The van der Waals surface area contributed by atoms with Crippen molar-refractivity contribution in [3.63, 3.8) is 0 Å². The summed E-state index contributed by atoms with van der Waals surface area (Å²) in [6.45, 7) is 0.985. The first kappa shape index (κ1) is 13.6. The summed E-state index contributed by atoms with van der Waals surface area (Å²) in [4.78, 5) is 10.7. The average molecular weight is 258 g/mol. The fraction of sp³-hybridized carbons (Fsp3) is 0.300. The molecule has 0 radical (unpaired) electrons. The van der Waals surface area contributed by atoms with E-state index in [1.807, 2.05) is 0 Å². The minimum atomic E-state index is -3.82. The zero-order chi connectivity index (χ0) is 13.1. The molecule has 0 aliphatic heterocycles. The van der Waals surface area contributed by atoms with Crippen LogP contribution in [0.15, 0.2) is 29.2 Å². The van der Waals surface area contributed by atoms with Gasteiger partial charge >= 0.3 is 0 Å². The predicted molar refractivity (Wildman–Crippen MR) is 63.0 cm³/mol. The molecular formula is C10H14N2O4S. The van der Waals surface area contributed by atoms with Gasteiger partial charge in [-0.3, -0.25) is 4.79 Å². The zero-order valence-corrected chi connectivity index (χ0v) is 10.1. The number of nitrogens with two attached hydrogens (primary N) is 1. The van der Waals surface area contributed by atoms with Crippen LogP contribution >= 0.6 is 0 Å². The number of aliphatic hydroxyl groups is 1. The van der Waals surface area contributed by atoms with Crippen molar-refractivity contribution in [2.75, 3.05) is 11.9 Å². The van der Waals surface area contributed by atoms with Crippen LogP contribution in [-0.2, 0) is 14.6 Å². The number of carbonyl (C=O) groups excluding carboxylic acids is 1. The highest BCUT2D eigenvalue weighted by Crippen LogP contribution is 2.17. The standard InChI is InChI=1S/C10H14N2O4S/c1-7(13)12-8-2-4-9(5-3-8)17(15,16)10(14)6-11/h2-5,10,14H,6,11H2,1H3,(H,12,13). The normalized spacial score (nSPS) is 13.1. The number of hydrogen-bond donors (Lipinski definition) is 3. The van der Waals surface area contributed by atoms with Gasteiger partial charge in [0, 0.05) is 19.2 Å². The maximum absolute atomic E-state index is 11.7. The largest absolute Gasteiger partial charge is 0.376 e. The molecule has 1 amide bonds. The third-order valence-electron chi connectivity index (χ3n) is 2.06. The van der Waals surface area contributed by atoms with Crippen LogP contribution in [0.25, 0.3) is 0 Å². The molecule has 7 heteroatoms. The second kappa shape index (κ2) is 5.26. The summed E-state index contributed by atoms with van der Waals surface area (Å²) in [7, 11) is -3.82. The second-order valence-electron chi connectivity index (χ2n) is 3.44. The van der Waals surface area contributed by atoms with Crippen LogP contribution in [0, 0.1) is 0 Å². The molecule has 1 aromatic carbocycles. The number of amides is 1. The highest BCUT2D eigenvalue weighted by atomic mass is 32.2. The Morgan fingerprint density at radius 2 is 1.94 bits per heavy atom. The molecule has 0 spiro atoms. The van der Waals surface area contributed by atoms with Crippen molar-refractivity contribution >= 4 is 21.4 Å². The Morgan fingerprint density at radius 3 is 2.35 bits per heavy atom. The fourth-order valence-corrected chi connectivity index (χ4v) is 2.30. The number of carbonyl (C=O) groups is 1. The summed E-state index contributed by atoms with van der Waals surface area (Å²) < 4.78 is 23.4. The van der Waals surface area contributed by atoms with Gasteiger partial charge in [-0.05, 0) is 24.3 Å². The molecule has 0 saturated carbocycles. The molecule has 4 N–H and O–H groups in total. The molecule has 6 nitrogen and oxygen atoms in total. The van der Waals surface area contributed by atoms with Crippen molar-refractivity contribution in [3.8, 4) is 0 Å². The van der Waals surface area contributed by atoms with E-state index in [4.69, 9.17) is 5.73 Å². The lowest BCUT2D eigenvalue weighted by Crippen LogP contribution is -2.29. The number of hydrogen-bond acceptors (Lipinski definition) is 5. The Labute approximate surface area is 99.4 Å². The topological polar surface area (TPSA) is 109 Å². The molecule has 1 aromatic rings. The van der Waals surface area contributed by atoms with Crippen LogP contribution in [0.3, 0.4) is 0 Å². The van der Waals surface area contributed by atoms with Crippen LogP contribution in [0.2, 0.25) is 0 Å². The SMILES string of the molecule is CC(=O)Nc1ccc(S(=O)(=O)C(O)CN)cc1. The maximum Gasteiger partial charge on any atom is 0.221 e. The van der Waals surface area contributed by atoms with E-state index in [-0.39, 0.29) is 17.3 Å². The minimum absolute atomic E-state index is 0.0375. The summed E-state index contributed by atoms with van der Waals surface area (Å²) in [6, 6.07) is 5.49. The zero-order valence-electron chi connectivity index (χ0n) is 9.25. The van der Waals surface area contributed by atoms with Crippen molar-refractivity contribution in [1.29, 1.82) is 0 Å². The van der Waals surface area contributed by atoms with E-state index in [2.05, 4.69) is 5.32 Å². The fourth-order valence-electron chi connectivity index (χ4n) is 1.21. The van der Waals surface area contributed by atoms with Gasteiger partial charge in [0.25, 0.3) is 0 Å². The molecule has 1 atom stereocenters. The quantitative estimate of drug-likeness (QED) is 0.686. The van der Waals surface area contributed by atoms with Crippen molar-refractivity contribution in [2.24, 2.45) is 5.73 Å². The summed E-state index contributed by atoms with van der Waals surface area (Å²) >= 11 is 0. The van der Waals surface area contributed by atoms with Gasteiger partial charge in [-0.25, -0.2) is 8.42 Å². The van der Waals surface area contributed by atoms with Gasteiger partial charge in [-0.15, -0.1) is 0 Å². The maximum atomic E-state index is 11.7. The minimum Gasteiger partial charge on any atom is -0.376 e. The third kappa shape index (κ3) is 3.26. The van der Waals surface area contributed by atoms with Gasteiger partial charge in [0.05, 0.1) is 4.90 Å². The lowest BCUT2D eigenvalue weighted by Gasteiger charge is -2.10. The number of nitrogens with one attached hydrogen (secondary N) is 1. The highest BCUT2D eigenvalue weighted by molar-refractivity contribution is 7.91. The van der Waals surface area contributed by atoms with Gasteiger partial charge in [0.2, 0.25) is 15.7 Å². The molecule has 17 heavy (non-hydrogen) atoms. The number of benzene rings is 1. The molecule has 0 heterocycles. The van der Waals surface area contributed by atoms with Crippen molar-refractivity contribution in [2.45, 2.75) is 17.3 Å². The van der Waals surface area contributed by atoms with Crippen LogP contribution in [0.4, 0.5) is 5.69 Å². The molecule has 0 bridgehead atoms. The van der Waals surface area contributed by atoms with Crippen molar-refractivity contribution in [1.82, 2.24) is 0 Å². The Morgan fingerprint density at radius 1 is 1.41 bits per heavy atom. The van der Waals surface area contributed by atoms with Gasteiger partial charge in [0.15, 0.2) is 5.44 Å². The van der Waals surface area contributed by atoms with Crippen molar-refractivity contribution in [3.05, 3.63) is 24.3 Å². The first-order chi connectivity index (χ1) is 7.87. The van der Waals surface area contributed by atoms with Crippen LogP contribution in [-0.4, -0.2) is 31.4 Å². The molecule has 0 fully saturated rings. The number of sulfone groups is 1. The Kier molecular flexibility index (Phi) is 4.22. The summed E-state index contributed by atoms with van der Waals surface area (Å²) in [6.07, 6.45) is 0. The number of aliphatic hydroxyl groups excluding tert-OH is 1. The highest BCUT2D eigenvalue weighted by Gasteiger charge is 2.23. The van der Waals surface area contributed by atoms with E-state index >= 15 is 0 Å². The van der Waals surface area contributed by atoms with E-state index in [1.54, 1.807) is 0 Å².